The number of hydrogen-bond acceptors (Lipinski definition) is 4. The molecule has 1 fully saturated rings. The maximum atomic E-state index is 12.5. The van der Waals surface area contributed by atoms with Crippen molar-refractivity contribution in [1.29, 1.82) is 0 Å². The summed E-state index contributed by atoms with van der Waals surface area (Å²) in [4.78, 5) is 27.3. The fourth-order valence-electron chi connectivity index (χ4n) is 2.23. The van der Waals surface area contributed by atoms with E-state index in [0.717, 1.165) is 0 Å². The number of ether oxygens (including phenoxy) is 1. The molecule has 0 bridgehead atoms. The van der Waals surface area contributed by atoms with Crippen LogP contribution in [0.3, 0.4) is 0 Å². The van der Waals surface area contributed by atoms with Crippen LogP contribution in [0.5, 0.6) is 0 Å². The van der Waals surface area contributed by atoms with E-state index in [4.69, 9.17) is 22.1 Å². The minimum atomic E-state index is -0.346. The van der Waals surface area contributed by atoms with Gasteiger partial charge in [-0.3, -0.25) is 4.79 Å². The summed E-state index contributed by atoms with van der Waals surface area (Å²) in [7, 11) is 0. The van der Waals surface area contributed by atoms with E-state index < -0.39 is 0 Å². The zero-order valence-corrected chi connectivity index (χ0v) is 12.6. The van der Waals surface area contributed by atoms with Crippen LogP contribution in [0.1, 0.15) is 17.3 Å². The molecule has 114 valence electrons. The molecular weight excluding hydrogens is 294 g/mol. The minimum Gasteiger partial charge on any atom is -0.450 e. The molecule has 1 aromatic carbocycles. The standard InChI is InChI=1S/C14H18ClN3O3/c1-2-21-14(20)18-8-6-17(7-9-18)13(19)12-10(15)4-3-5-11(12)16/h3-5H,2,6-9,16H2,1H3. The molecule has 0 radical (unpaired) electrons. The summed E-state index contributed by atoms with van der Waals surface area (Å²) in [5.74, 6) is -0.207. The molecule has 0 unspecified atom stereocenters. The number of nitrogens with two attached hydrogens (primary N) is 1. The highest BCUT2D eigenvalue weighted by atomic mass is 35.5. The van der Waals surface area contributed by atoms with Gasteiger partial charge in [-0.05, 0) is 19.1 Å². The Bertz CT molecular complexity index is 522. The number of piperazine rings is 1. The molecule has 0 spiro atoms. The fraction of sp³-hybridized carbons (Fsp3) is 0.429. The highest BCUT2D eigenvalue weighted by molar-refractivity contribution is 6.34. The van der Waals surface area contributed by atoms with Crippen molar-refractivity contribution < 1.29 is 14.3 Å². The van der Waals surface area contributed by atoms with E-state index in [1.165, 1.54) is 0 Å². The Kier molecular flexibility index (Phi) is 4.90. The molecule has 1 saturated heterocycles. The Labute approximate surface area is 128 Å². The van der Waals surface area contributed by atoms with Crippen molar-refractivity contribution in [2.24, 2.45) is 0 Å². The third-order valence-electron chi connectivity index (χ3n) is 3.35. The zero-order chi connectivity index (χ0) is 15.4. The maximum Gasteiger partial charge on any atom is 0.409 e. The second kappa shape index (κ2) is 6.67. The number of carbonyl (C=O) groups is 2. The Morgan fingerprint density at radius 2 is 1.86 bits per heavy atom. The number of hydrogen-bond donors (Lipinski definition) is 1. The van der Waals surface area contributed by atoms with Crippen LogP contribution in [0.15, 0.2) is 18.2 Å². The van der Waals surface area contributed by atoms with E-state index in [1.54, 1.807) is 34.9 Å². The van der Waals surface area contributed by atoms with Gasteiger partial charge >= 0.3 is 6.09 Å². The smallest absolute Gasteiger partial charge is 0.409 e. The topological polar surface area (TPSA) is 75.9 Å². The van der Waals surface area contributed by atoms with Gasteiger partial charge in [-0.25, -0.2) is 4.79 Å². The molecule has 2 rings (SSSR count). The van der Waals surface area contributed by atoms with Gasteiger partial charge in [0.1, 0.15) is 0 Å². The summed E-state index contributed by atoms with van der Waals surface area (Å²) in [6, 6.07) is 4.99. The second-order valence-corrected chi connectivity index (χ2v) is 5.09. The third kappa shape index (κ3) is 3.39. The van der Waals surface area contributed by atoms with Crippen molar-refractivity contribution in [3.8, 4) is 0 Å². The van der Waals surface area contributed by atoms with Crippen LogP contribution >= 0.6 is 11.6 Å². The van der Waals surface area contributed by atoms with E-state index in [2.05, 4.69) is 0 Å². The minimum absolute atomic E-state index is 0.207. The molecule has 0 saturated carbocycles. The fourth-order valence-corrected chi connectivity index (χ4v) is 2.49. The summed E-state index contributed by atoms with van der Waals surface area (Å²) in [5, 5.41) is 0.341. The molecule has 7 heteroatoms. The molecule has 1 aliphatic rings. The van der Waals surface area contributed by atoms with Crippen LogP contribution < -0.4 is 5.73 Å². The zero-order valence-electron chi connectivity index (χ0n) is 11.8. The molecule has 2 amide bonds. The molecule has 0 atom stereocenters. The Hall–Kier alpha value is -1.95. The van der Waals surface area contributed by atoms with Gasteiger partial charge < -0.3 is 20.3 Å². The molecule has 2 N–H and O–H groups in total. The lowest BCUT2D eigenvalue weighted by atomic mass is 10.1. The first kappa shape index (κ1) is 15.4. The molecule has 1 heterocycles. The number of halogens is 1. The van der Waals surface area contributed by atoms with Crippen molar-refractivity contribution in [1.82, 2.24) is 9.80 Å². The van der Waals surface area contributed by atoms with E-state index in [0.29, 0.717) is 49.1 Å². The van der Waals surface area contributed by atoms with E-state index in [-0.39, 0.29) is 12.0 Å². The predicted octanol–water partition coefficient (Wildman–Crippen LogP) is 1.84. The largest absolute Gasteiger partial charge is 0.450 e. The quantitative estimate of drug-likeness (QED) is 0.846. The lowest BCUT2D eigenvalue weighted by Gasteiger charge is -2.34. The molecular formula is C14H18ClN3O3. The Balaban J connectivity index is 2.02. The Morgan fingerprint density at radius 1 is 1.24 bits per heavy atom. The summed E-state index contributed by atoms with van der Waals surface area (Å²) in [6.45, 7) is 3.85. The normalized spacial score (nSPS) is 15.0. The van der Waals surface area contributed by atoms with Gasteiger partial charge in [0.05, 0.1) is 17.2 Å². The van der Waals surface area contributed by atoms with Gasteiger partial charge in [0.25, 0.3) is 5.91 Å². The van der Waals surface area contributed by atoms with Gasteiger partial charge in [0.2, 0.25) is 0 Å². The van der Waals surface area contributed by atoms with Crippen molar-refractivity contribution in [3.63, 3.8) is 0 Å². The van der Waals surface area contributed by atoms with Crippen LogP contribution in [-0.2, 0) is 4.74 Å². The highest BCUT2D eigenvalue weighted by Crippen LogP contribution is 2.24. The van der Waals surface area contributed by atoms with Crippen LogP contribution in [0.4, 0.5) is 10.5 Å². The highest BCUT2D eigenvalue weighted by Gasteiger charge is 2.27. The lowest BCUT2D eigenvalue weighted by molar-refractivity contribution is 0.0571. The molecule has 1 aromatic rings. The summed E-state index contributed by atoms with van der Waals surface area (Å²) in [6.07, 6.45) is -0.346. The van der Waals surface area contributed by atoms with Gasteiger partial charge in [-0.1, -0.05) is 17.7 Å². The molecule has 21 heavy (non-hydrogen) atoms. The van der Waals surface area contributed by atoms with Gasteiger partial charge in [0, 0.05) is 31.9 Å². The number of rotatable bonds is 2. The molecule has 0 aliphatic carbocycles. The number of carbonyl (C=O) groups excluding carboxylic acids is 2. The Morgan fingerprint density at radius 3 is 2.43 bits per heavy atom. The van der Waals surface area contributed by atoms with Crippen molar-refractivity contribution in [3.05, 3.63) is 28.8 Å². The average Bonchev–Trinajstić information content (AvgIpc) is 2.47. The van der Waals surface area contributed by atoms with Crippen LogP contribution in [0.2, 0.25) is 5.02 Å². The first-order chi connectivity index (χ1) is 10.0. The number of nitrogen functional groups attached to an aromatic ring is 1. The first-order valence-corrected chi connectivity index (χ1v) is 7.17. The summed E-state index contributed by atoms with van der Waals surface area (Å²) in [5.41, 5.74) is 6.51. The van der Waals surface area contributed by atoms with E-state index in [9.17, 15) is 9.59 Å². The molecule has 6 nitrogen and oxygen atoms in total. The van der Waals surface area contributed by atoms with Crippen LogP contribution in [0, 0.1) is 0 Å². The van der Waals surface area contributed by atoms with Crippen molar-refractivity contribution in [2.75, 3.05) is 38.5 Å². The first-order valence-electron chi connectivity index (χ1n) is 6.79. The number of benzene rings is 1. The average molecular weight is 312 g/mol. The third-order valence-corrected chi connectivity index (χ3v) is 3.67. The van der Waals surface area contributed by atoms with Gasteiger partial charge in [-0.15, -0.1) is 0 Å². The van der Waals surface area contributed by atoms with Crippen LogP contribution in [0.25, 0.3) is 0 Å². The summed E-state index contributed by atoms with van der Waals surface area (Å²) < 4.78 is 4.94. The van der Waals surface area contributed by atoms with Gasteiger partial charge in [0.15, 0.2) is 0 Å². The van der Waals surface area contributed by atoms with Gasteiger partial charge in [-0.2, -0.15) is 0 Å². The summed E-state index contributed by atoms with van der Waals surface area (Å²) >= 11 is 6.05. The predicted molar refractivity (Wildman–Crippen MR) is 80.4 cm³/mol. The number of amides is 2. The van der Waals surface area contributed by atoms with Crippen molar-refractivity contribution >= 4 is 29.3 Å². The van der Waals surface area contributed by atoms with Crippen LogP contribution in [-0.4, -0.2) is 54.6 Å². The number of nitrogens with zero attached hydrogens (tertiary/aromatic N) is 2. The molecule has 1 aliphatic heterocycles. The maximum absolute atomic E-state index is 12.5. The molecule has 0 aromatic heterocycles. The van der Waals surface area contributed by atoms with Crippen molar-refractivity contribution in [2.45, 2.75) is 6.92 Å². The lowest BCUT2D eigenvalue weighted by Crippen LogP contribution is -2.50. The van der Waals surface area contributed by atoms with E-state index >= 15 is 0 Å². The SMILES string of the molecule is CCOC(=O)N1CCN(C(=O)c2c(N)cccc2Cl)CC1. The van der Waals surface area contributed by atoms with E-state index in [1.807, 2.05) is 0 Å². The monoisotopic (exact) mass is 311 g/mol. The second-order valence-electron chi connectivity index (χ2n) is 4.68. The number of anilines is 1.